The molecule has 1 N–H and O–H groups in total. The van der Waals surface area contributed by atoms with Crippen molar-refractivity contribution in [1.29, 1.82) is 0 Å². The van der Waals surface area contributed by atoms with Crippen molar-refractivity contribution in [1.82, 2.24) is 10.2 Å². The van der Waals surface area contributed by atoms with Crippen LogP contribution in [-0.4, -0.2) is 43.1 Å². The zero-order chi connectivity index (χ0) is 14.4. The van der Waals surface area contributed by atoms with Crippen LogP contribution in [0.1, 0.15) is 19.8 Å². The number of benzene rings is 1. The number of amides is 1. The van der Waals surface area contributed by atoms with Gasteiger partial charge in [-0.25, -0.2) is 0 Å². The van der Waals surface area contributed by atoms with E-state index >= 15 is 0 Å². The Morgan fingerprint density at radius 2 is 2.20 bits per heavy atom. The van der Waals surface area contributed by atoms with E-state index in [9.17, 15) is 4.79 Å². The van der Waals surface area contributed by atoms with Crippen molar-refractivity contribution in [2.24, 2.45) is 0 Å². The van der Waals surface area contributed by atoms with Crippen molar-refractivity contribution < 1.29 is 9.53 Å². The van der Waals surface area contributed by atoms with Crippen molar-refractivity contribution in [2.45, 2.75) is 25.8 Å². The average Bonchev–Trinajstić information content (AvgIpc) is 2.99. The number of hydrogen-bond donors (Lipinski definition) is 1. The van der Waals surface area contributed by atoms with Gasteiger partial charge in [-0.1, -0.05) is 15.9 Å². The molecule has 1 fully saturated rings. The summed E-state index contributed by atoms with van der Waals surface area (Å²) in [6.45, 7) is 4.83. The zero-order valence-electron chi connectivity index (χ0n) is 11.8. The molecular weight excluding hydrogens is 320 g/mol. The molecule has 1 unspecified atom stereocenters. The molecule has 20 heavy (non-hydrogen) atoms. The van der Waals surface area contributed by atoms with Crippen molar-refractivity contribution in [3.8, 4) is 5.75 Å². The zero-order valence-corrected chi connectivity index (χ0v) is 13.4. The summed E-state index contributed by atoms with van der Waals surface area (Å²) < 4.78 is 6.70. The normalized spacial score (nSPS) is 18.0. The summed E-state index contributed by atoms with van der Waals surface area (Å²) in [5, 5.41) is 3.25. The standard InChI is InChI=1S/C15H21BrN2O2/c1-2-18(15(19)14-4-3-9-17-14)10-11-20-13-7-5-12(16)6-8-13/h5-8,14,17H,2-4,9-11H2,1H3. The maximum Gasteiger partial charge on any atom is 0.239 e. The van der Waals surface area contributed by atoms with Gasteiger partial charge in [0.05, 0.1) is 12.6 Å². The van der Waals surface area contributed by atoms with Crippen LogP contribution in [0.4, 0.5) is 0 Å². The monoisotopic (exact) mass is 340 g/mol. The molecule has 4 nitrogen and oxygen atoms in total. The predicted octanol–water partition coefficient (Wildman–Crippen LogP) is 2.43. The van der Waals surface area contributed by atoms with Crippen LogP contribution in [0.25, 0.3) is 0 Å². The fourth-order valence-corrected chi connectivity index (χ4v) is 2.61. The van der Waals surface area contributed by atoms with Crippen molar-refractivity contribution >= 4 is 21.8 Å². The Morgan fingerprint density at radius 1 is 1.45 bits per heavy atom. The smallest absolute Gasteiger partial charge is 0.239 e. The molecule has 1 aromatic carbocycles. The Hall–Kier alpha value is -1.07. The molecule has 0 radical (unpaired) electrons. The summed E-state index contributed by atoms with van der Waals surface area (Å²) in [6.07, 6.45) is 2.03. The van der Waals surface area contributed by atoms with Crippen LogP contribution in [-0.2, 0) is 4.79 Å². The molecule has 1 aromatic rings. The van der Waals surface area contributed by atoms with E-state index in [0.29, 0.717) is 13.2 Å². The number of nitrogens with one attached hydrogen (secondary N) is 1. The van der Waals surface area contributed by atoms with Crippen molar-refractivity contribution in [3.05, 3.63) is 28.7 Å². The fourth-order valence-electron chi connectivity index (χ4n) is 2.34. The third-order valence-electron chi connectivity index (χ3n) is 3.50. The van der Waals surface area contributed by atoms with Crippen LogP contribution >= 0.6 is 15.9 Å². The number of halogens is 1. The Morgan fingerprint density at radius 3 is 2.80 bits per heavy atom. The Kier molecular flexibility index (Phi) is 5.86. The van der Waals surface area contributed by atoms with E-state index in [1.54, 1.807) is 0 Å². The van der Waals surface area contributed by atoms with Gasteiger partial charge < -0.3 is 15.0 Å². The maximum absolute atomic E-state index is 12.3. The van der Waals surface area contributed by atoms with E-state index in [4.69, 9.17) is 4.74 Å². The summed E-state index contributed by atoms with van der Waals surface area (Å²) >= 11 is 3.39. The van der Waals surface area contributed by atoms with Crippen LogP contribution in [0.2, 0.25) is 0 Å². The number of hydrogen-bond acceptors (Lipinski definition) is 3. The van der Waals surface area contributed by atoms with E-state index in [1.807, 2.05) is 36.1 Å². The molecule has 1 amide bonds. The van der Waals surface area contributed by atoms with E-state index < -0.39 is 0 Å². The van der Waals surface area contributed by atoms with Gasteiger partial charge in [0, 0.05) is 11.0 Å². The van der Waals surface area contributed by atoms with Gasteiger partial charge in [0.15, 0.2) is 0 Å². The second kappa shape index (κ2) is 7.64. The highest BCUT2D eigenvalue weighted by atomic mass is 79.9. The van der Waals surface area contributed by atoms with Gasteiger partial charge in [-0.2, -0.15) is 0 Å². The van der Waals surface area contributed by atoms with Gasteiger partial charge in [0.25, 0.3) is 0 Å². The molecule has 110 valence electrons. The lowest BCUT2D eigenvalue weighted by atomic mass is 10.2. The van der Waals surface area contributed by atoms with Gasteiger partial charge in [-0.3, -0.25) is 4.79 Å². The Labute approximate surface area is 128 Å². The Bertz CT molecular complexity index is 430. The first-order valence-electron chi connectivity index (χ1n) is 7.11. The molecule has 0 aliphatic carbocycles. The molecule has 1 atom stereocenters. The fraction of sp³-hybridized carbons (Fsp3) is 0.533. The molecule has 0 bridgehead atoms. The van der Waals surface area contributed by atoms with Crippen LogP contribution in [0, 0.1) is 0 Å². The molecule has 1 aliphatic heterocycles. The number of carbonyl (C=O) groups excluding carboxylic acids is 1. The van der Waals surface area contributed by atoms with Crippen LogP contribution < -0.4 is 10.1 Å². The van der Waals surface area contributed by atoms with Gasteiger partial charge in [0.1, 0.15) is 12.4 Å². The van der Waals surface area contributed by atoms with Gasteiger partial charge in [0.2, 0.25) is 5.91 Å². The minimum Gasteiger partial charge on any atom is -0.492 e. The topological polar surface area (TPSA) is 41.6 Å². The number of likely N-dealkylation sites (N-methyl/N-ethyl adjacent to an activating group) is 1. The van der Waals surface area contributed by atoms with Crippen LogP contribution in [0.15, 0.2) is 28.7 Å². The van der Waals surface area contributed by atoms with Gasteiger partial charge in [-0.05, 0) is 50.6 Å². The number of rotatable bonds is 6. The molecule has 2 rings (SSSR count). The first kappa shape index (κ1) is 15.3. The lowest BCUT2D eigenvalue weighted by Gasteiger charge is -2.24. The first-order chi connectivity index (χ1) is 9.70. The summed E-state index contributed by atoms with van der Waals surface area (Å²) in [6, 6.07) is 7.73. The highest BCUT2D eigenvalue weighted by Crippen LogP contribution is 2.16. The van der Waals surface area contributed by atoms with E-state index in [0.717, 1.165) is 36.2 Å². The molecule has 1 saturated heterocycles. The van der Waals surface area contributed by atoms with Crippen LogP contribution in [0.3, 0.4) is 0 Å². The number of carbonyl (C=O) groups is 1. The summed E-state index contributed by atoms with van der Waals surface area (Å²) in [7, 11) is 0. The molecule has 1 heterocycles. The minimum absolute atomic E-state index is 0.00244. The van der Waals surface area contributed by atoms with E-state index in [-0.39, 0.29) is 11.9 Å². The number of nitrogens with zero attached hydrogens (tertiary/aromatic N) is 1. The molecule has 1 aliphatic rings. The molecular formula is C15H21BrN2O2. The highest BCUT2D eigenvalue weighted by Gasteiger charge is 2.25. The summed E-state index contributed by atoms with van der Waals surface area (Å²) in [5.41, 5.74) is 0. The second-order valence-electron chi connectivity index (χ2n) is 4.87. The predicted molar refractivity (Wildman–Crippen MR) is 82.9 cm³/mol. The van der Waals surface area contributed by atoms with E-state index in [1.165, 1.54) is 0 Å². The van der Waals surface area contributed by atoms with E-state index in [2.05, 4.69) is 21.2 Å². The minimum atomic E-state index is 0.00244. The second-order valence-corrected chi connectivity index (χ2v) is 5.78. The third kappa shape index (κ3) is 4.21. The molecule has 0 aromatic heterocycles. The lowest BCUT2D eigenvalue weighted by molar-refractivity contribution is -0.133. The quantitative estimate of drug-likeness (QED) is 0.864. The SMILES string of the molecule is CCN(CCOc1ccc(Br)cc1)C(=O)C1CCCN1. The number of ether oxygens (including phenoxy) is 1. The first-order valence-corrected chi connectivity index (χ1v) is 7.90. The third-order valence-corrected chi connectivity index (χ3v) is 4.02. The molecule has 0 spiro atoms. The largest absolute Gasteiger partial charge is 0.492 e. The van der Waals surface area contributed by atoms with Gasteiger partial charge >= 0.3 is 0 Å². The lowest BCUT2D eigenvalue weighted by Crippen LogP contribution is -2.45. The maximum atomic E-state index is 12.3. The van der Waals surface area contributed by atoms with Gasteiger partial charge in [-0.15, -0.1) is 0 Å². The summed E-state index contributed by atoms with van der Waals surface area (Å²) in [4.78, 5) is 14.1. The van der Waals surface area contributed by atoms with Crippen molar-refractivity contribution in [3.63, 3.8) is 0 Å². The average molecular weight is 341 g/mol. The molecule has 0 saturated carbocycles. The molecule has 5 heteroatoms. The highest BCUT2D eigenvalue weighted by molar-refractivity contribution is 9.10. The Balaban J connectivity index is 1.78. The summed E-state index contributed by atoms with van der Waals surface area (Å²) in [5.74, 6) is 1.03. The van der Waals surface area contributed by atoms with Crippen LogP contribution in [0.5, 0.6) is 5.75 Å². The van der Waals surface area contributed by atoms with Crippen molar-refractivity contribution in [2.75, 3.05) is 26.2 Å².